The largest absolute Gasteiger partial charge is 0.328 e. The predicted octanol–water partition coefficient (Wildman–Crippen LogP) is 9.19. The average Bonchev–Trinajstić information content (AvgIpc) is 3.50. The van der Waals surface area contributed by atoms with Crippen LogP contribution in [0.15, 0.2) is 132 Å². The number of rotatable bonds is 4. The van der Waals surface area contributed by atoms with E-state index in [0.717, 1.165) is 38.9 Å². The second-order valence-corrected chi connectivity index (χ2v) is 13.5. The molecule has 0 unspecified atom stereocenters. The molecule has 2 aromatic heterocycles. The molecule has 49 heavy (non-hydrogen) atoms. The maximum Gasteiger partial charge on any atom is 0.328 e. The van der Waals surface area contributed by atoms with Gasteiger partial charge in [-0.25, -0.2) is 19.7 Å². The third-order valence-electron chi connectivity index (χ3n) is 10.2. The molecule has 8 aromatic rings. The molecule has 0 bridgehead atoms. The molecule has 0 aliphatic heterocycles. The van der Waals surface area contributed by atoms with Crippen LogP contribution >= 0.6 is 0 Å². The molecule has 0 spiro atoms. The van der Waals surface area contributed by atoms with Gasteiger partial charge >= 0.3 is 5.69 Å². The topological polar surface area (TPSA) is 65.6 Å². The molecule has 2 heterocycles. The maximum atomic E-state index is 12.5. The summed E-state index contributed by atoms with van der Waals surface area (Å²) in [5, 5.41) is 2.49. The van der Waals surface area contributed by atoms with Crippen molar-refractivity contribution in [3.63, 3.8) is 0 Å². The van der Waals surface area contributed by atoms with Crippen molar-refractivity contribution in [1.82, 2.24) is 24.1 Å². The van der Waals surface area contributed by atoms with Crippen LogP contribution in [0.4, 0.5) is 0 Å². The molecule has 6 aromatic carbocycles. The van der Waals surface area contributed by atoms with E-state index < -0.39 is 0 Å². The second-order valence-electron chi connectivity index (χ2n) is 13.5. The fraction of sp³-hybridized carbons (Fsp3) is 0.116. The Hall–Kier alpha value is -6.14. The van der Waals surface area contributed by atoms with Gasteiger partial charge in [-0.2, -0.15) is 0 Å². The van der Waals surface area contributed by atoms with E-state index >= 15 is 0 Å². The highest BCUT2D eigenvalue weighted by Crippen LogP contribution is 2.50. The first-order chi connectivity index (χ1) is 23.8. The van der Waals surface area contributed by atoms with Crippen LogP contribution in [-0.4, -0.2) is 24.1 Å². The fourth-order valence-corrected chi connectivity index (χ4v) is 7.43. The van der Waals surface area contributed by atoms with E-state index in [1.807, 2.05) is 43.4 Å². The molecular formula is C43H33N5O. The van der Waals surface area contributed by atoms with E-state index in [1.165, 1.54) is 33.0 Å². The fourth-order valence-electron chi connectivity index (χ4n) is 7.43. The Morgan fingerprint density at radius 1 is 0.469 bits per heavy atom. The highest BCUT2D eigenvalue weighted by atomic mass is 16.1. The zero-order valence-corrected chi connectivity index (χ0v) is 27.8. The van der Waals surface area contributed by atoms with Crippen molar-refractivity contribution in [3.8, 4) is 56.4 Å². The molecule has 1 aliphatic carbocycles. The quantitative estimate of drug-likeness (QED) is 0.193. The van der Waals surface area contributed by atoms with E-state index in [1.54, 1.807) is 16.2 Å². The van der Waals surface area contributed by atoms with E-state index in [9.17, 15) is 4.79 Å². The van der Waals surface area contributed by atoms with Crippen molar-refractivity contribution in [2.75, 3.05) is 0 Å². The Bertz CT molecular complexity index is 2670. The van der Waals surface area contributed by atoms with Gasteiger partial charge in [-0.15, -0.1) is 0 Å². The van der Waals surface area contributed by atoms with Gasteiger partial charge in [0.2, 0.25) is 0 Å². The van der Waals surface area contributed by atoms with Crippen molar-refractivity contribution in [3.05, 3.63) is 149 Å². The normalized spacial score (nSPS) is 13.1. The summed E-state index contributed by atoms with van der Waals surface area (Å²) in [6.45, 7) is 4.62. The zero-order valence-electron chi connectivity index (χ0n) is 27.8. The summed E-state index contributed by atoms with van der Waals surface area (Å²) in [4.78, 5) is 27.6. The maximum absolute atomic E-state index is 12.5. The van der Waals surface area contributed by atoms with Crippen LogP contribution in [0.3, 0.4) is 0 Å². The summed E-state index contributed by atoms with van der Waals surface area (Å²) < 4.78 is 3.36. The van der Waals surface area contributed by atoms with Crippen molar-refractivity contribution in [1.29, 1.82) is 0 Å². The van der Waals surface area contributed by atoms with Crippen molar-refractivity contribution in [2.45, 2.75) is 19.3 Å². The Labute approximate surface area is 284 Å². The van der Waals surface area contributed by atoms with Crippen LogP contribution in [0.2, 0.25) is 0 Å². The summed E-state index contributed by atoms with van der Waals surface area (Å²) in [6, 6.07) is 44.4. The minimum atomic E-state index is -0.117. The Morgan fingerprint density at radius 2 is 1.00 bits per heavy atom. The van der Waals surface area contributed by atoms with Gasteiger partial charge in [0.1, 0.15) is 0 Å². The first kappa shape index (κ1) is 29.0. The van der Waals surface area contributed by atoms with E-state index in [0.29, 0.717) is 17.5 Å². The highest BCUT2D eigenvalue weighted by Gasteiger charge is 2.36. The van der Waals surface area contributed by atoms with Gasteiger partial charge in [0.25, 0.3) is 0 Å². The third kappa shape index (κ3) is 4.55. The summed E-state index contributed by atoms with van der Waals surface area (Å²) in [6.07, 6.45) is 0. The summed E-state index contributed by atoms with van der Waals surface area (Å²) in [5.41, 5.74) is 11.7. The number of aromatic nitrogens is 5. The SMILES string of the molecule is Cn1c(=O)n(C)c2cc(-c3ccc(-c4nc(-c5ccccc5)nc(-c5ccc6c(c5)-c5cc7ccccc7cc5C6(C)C)n4)cc3)ccc21. The van der Waals surface area contributed by atoms with Gasteiger partial charge < -0.3 is 0 Å². The monoisotopic (exact) mass is 635 g/mol. The van der Waals surface area contributed by atoms with E-state index in [2.05, 4.69) is 105 Å². The molecule has 0 amide bonds. The smallest absolute Gasteiger partial charge is 0.295 e. The van der Waals surface area contributed by atoms with Crippen LogP contribution in [0.1, 0.15) is 25.0 Å². The standard InChI is InChI=1S/C43H33N5O/c1-43(2)35-20-18-32(23-33(35)34-22-29-12-8-9-13-30(29)24-36(34)43)41-45-39(27-10-6-5-7-11-27)44-40(46-41)28-16-14-26(15-17-28)31-19-21-37-38(25-31)48(4)42(49)47(37)3/h5-25H,1-4H3. The minimum Gasteiger partial charge on any atom is -0.295 e. The van der Waals surface area contributed by atoms with Gasteiger partial charge in [0.15, 0.2) is 17.5 Å². The molecular weight excluding hydrogens is 603 g/mol. The Morgan fingerprint density at radius 3 is 1.71 bits per heavy atom. The van der Waals surface area contributed by atoms with Gasteiger partial charge in [-0.1, -0.05) is 111 Å². The summed E-state index contributed by atoms with van der Waals surface area (Å²) in [5.74, 6) is 1.88. The average molecular weight is 636 g/mol. The summed E-state index contributed by atoms with van der Waals surface area (Å²) in [7, 11) is 3.61. The Balaban J connectivity index is 1.15. The molecule has 9 rings (SSSR count). The molecule has 1 aliphatic rings. The van der Waals surface area contributed by atoms with Crippen molar-refractivity contribution >= 4 is 21.8 Å². The first-order valence-electron chi connectivity index (χ1n) is 16.5. The van der Waals surface area contributed by atoms with Crippen molar-refractivity contribution in [2.24, 2.45) is 14.1 Å². The molecule has 0 atom stereocenters. The van der Waals surface area contributed by atoms with Gasteiger partial charge in [-0.05, 0) is 74.5 Å². The van der Waals surface area contributed by atoms with Crippen LogP contribution in [-0.2, 0) is 19.5 Å². The van der Waals surface area contributed by atoms with Crippen LogP contribution < -0.4 is 5.69 Å². The number of benzene rings is 6. The lowest BCUT2D eigenvalue weighted by atomic mass is 9.82. The lowest BCUT2D eigenvalue weighted by molar-refractivity contribution is 0.661. The number of hydrogen-bond donors (Lipinski definition) is 0. The summed E-state index contributed by atoms with van der Waals surface area (Å²) >= 11 is 0. The number of fused-ring (bicyclic) bond motifs is 5. The van der Waals surface area contributed by atoms with E-state index in [-0.39, 0.29) is 11.1 Å². The molecule has 0 N–H and O–H groups in total. The predicted molar refractivity (Wildman–Crippen MR) is 198 cm³/mol. The molecule has 0 saturated heterocycles. The Kier molecular flexibility index (Phi) is 6.33. The molecule has 6 nitrogen and oxygen atoms in total. The van der Waals surface area contributed by atoms with Gasteiger partial charge in [0.05, 0.1) is 11.0 Å². The second kappa shape index (κ2) is 10.7. The van der Waals surface area contributed by atoms with Crippen LogP contribution in [0.25, 0.3) is 78.2 Å². The van der Waals surface area contributed by atoms with Crippen molar-refractivity contribution < 1.29 is 0 Å². The number of nitrogens with zero attached hydrogens (tertiary/aromatic N) is 5. The van der Waals surface area contributed by atoms with Crippen LogP contribution in [0, 0.1) is 0 Å². The van der Waals surface area contributed by atoms with Gasteiger partial charge in [-0.3, -0.25) is 9.13 Å². The number of hydrogen-bond acceptors (Lipinski definition) is 4. The van der Waals surface area contributed by atoms with Crippen LogP contribution in [0.5, 0.6) is 0 Å². The molecule has 236 valence electrons. The van der Waals surface area contributed by atoms with Gasteiger partial charge in [0, 0.05) is 36.2 Å². The minimum absolute atomic E-state index is 0.0351. The molecule has 6 heteroatoms. The lowest BCUT2D eigenvalue weighted by Gasteiger charge is -2.21. The number of aryl methyl sites for hydroxylation is 2. The third-order valence-corrected chi connectivity index (χ3v) is 10.2. The molecule has 0 saturated carbocycles. The lowest BCUT2D eigenvalue weighted by Crippen LogP contribution is -2.19. The van der Waals surface area contributed by atoms with E-state index in [4.69, 9.17) is 15.0 Å². The highest BCUT2D eigenvalue weighted by molar-refractivity contribution is 5.94. The molecule has 0 radical (unpaired) electrons. The zero-order chi connectivity index (χ0) is 33.4. The molecule has 0 fully saturated rings. The first-order valence-corrected chi connectivity index (χ1v) is 16.5. The number of imidazole rings is 1.